The van der Waals surface area contributed by atoms with Crippen molar-refractivity contribution in [1.82, 2.24) is 14.8 Å². The molecule has 164 valence electrons. The van der Waals surface area contributed by atoms with Gasteiger partial charge < -0.3 is 4.74 Å². The molecule has 4 nitrogen and oxygen atoms in total. The standard InChI is InChI=1S/C29H21N3OS/c1-33-24-15-11-21(12-16-24)28-22(19-32(31-28)23-8-3-2-4-9-23)14-18-27-30-29-25-10-6-5-7-20(25)13-17-26(29)34-27/h2-19H,1H3. The molecule has 0 aliphatic heterocycles. The highest BCUT2D eigenvalue weighted by molar-refractivity contribution is 7.19. The summed E-state index contributed by atoms with van der Waals surface area (Å²) in [5.41, 5.74) is 5.04. The van der Waals surface area contributed by atoms with E-state index in [1.165, 1.54) is 15.5 Å². The minimum absolute atomic E-state index is 0.824. The first kappa shape index (κ1) is 20.4. The van der Waals surface area contributed by atoms with Crippen LogP contribution in [0, 0.1) is 0 Å². The Bertz CT molecular complexity index is 1630. The predicted octanol–water partition coefficient (Wildman–Crippen LogP) is 7.48. The molecule has 4 aromatic carbocycles. The predicted molar refractivity (Wildman–Crippen MR) is 142 cm³/mol. The van der Waals surface area contributed by atoms with Crippen molar-refractivity contribution in [2.75, 3.05) is 7.11 Å². The van der Waals surface area contributed by atoms with E-state index in [-0.39, 0.29) is 0 Å². The van der Waals surface area contributed by atoms with Gasteiger partial charge in [0, 0.05) is 22.7 Å². The van der Waals surface area contributed by atoms with E-state index in [1.54, 1.807) is 18.4 Å². The Kier molecular flexibility index (Phi) is 5.17. The number of nitrogens with zero attached hydrogens (tertiary/aromatic N) is 3. The number of fused-ring (bicyclic) bond motifs is 3. The van der Waals surface area contributed by atoms with Gasteiger partial charge in [-0.3, -0.25) is 0 Å². The molecule has 0 saturated heterocycles. The fourth-order valence-corrected chi connectivity index (χ4v) is 4.99. The molecule has 2 aromatic heterocycles. The van der Waals surface area contributed by atoms with E-state index in [0.29, 0.717) is 0 Å². The molecule has 0 radical (unpaired) electrons. The van der Waals surface area contributed by atoms with E-state index in [4.69, 9.17) is 14.8 Å². The molecule has 0 atom stereocenters. The van der Waals surface area contributed by atoms with Crippen LogP contribution in [-0.2, 0) is 0 Å². The van der Waals surface area contributed by atoms with Crippen LogP contribution in [0.15, 0.2) is 97.2 Å². The van der Waals surface area contributed by atoms with Crippen molar-refractivity contribution >= 4 is 44.5 Å². The van der Waals surface area contributed by atoms with Crippen molar-refractivity contribution in [3.63, 3.8) is 0 Å². The summed E-state index contributed by atoms with van der Waals surface area (Å²) in [6.07, 6.45) is 6.25. The lowest BCUT2D eigenvalue weighted by Crippen LogP contribution is -1.94. The Hall–Kier alpha value is -4.22. The van der Waals surface area contributed by atoms with Crippen LogP contribution in [-0.4, -0.2) is 21.9 Å². The van der Waals surface area contributed by atoms with Gasteiger partial charge in [-0.05, 0) is 60.0 Å². The van der Waals surface area contributed by atoms with Gasteiger partial charge in [-0.25, -0.2) is 9.67 Å². The maximum atomic E-state index is 5.33. The Morgan fingerprint density at radius 1 is 0.824 bits per heavy atom. The SMILES string of the molecule is COc1ccc(-c2nn(-c3ccccc3)cc2C=Cc2nc3c(ccc4ccccc43)s2)cc1. The third-order valence-corrected chi connectivity index (χ3v) is 6.82. The van der Waals surface area contributed by atoms with Crippen LogP contribution in [0.4, 0.5) is 0 Å². The molecule has 34 heavy (non-hydrogen) atoms. The van der Waals surface area contributed by atoms with Gasteiger partial charge in [0.05, 0.1) is 28.7 Å². The highest BCUT2D eigenvalue weighted by Gasteiger charge is 2.12. The Balaban J connectivity index is 1.43. The summed E-state index contributed by atoms with van der Waals surface area (Å²) >= 11 is 1.70. The van der Waals surface area contributed by atoms with Gasteiger partial charge in [-0.2, -0.15) is 5.10 Å². The lowest BCUT2D eigenvalue weighted by Gasteiger charge is -2.02. The summed E-state index contributed by atoms with van der Waals surface area (Å²) in [6, 6.07) is 30.9. The van der Waals surface area contributed by atoms with Crippen LogP contribution in [0.3, 0.4) is 0 Å². The van der Waals surface area contributed by atoms with Crippen molar-refractivity contribution in [3.05, 3.63) is 108 Å². The van der Waals surface area contributed by atoms with Crippen LogP contribution in [0.2, 0.25) is 0 Å². The summed E-state index contributed by atoms with van der Waals surface area (Å²) in [5.74, 6) is 0.824. The Labute approximate surface area is 201 Å². The molecule has 0 aliphatic carbocycles. The average molecular weight is 460 g/mol. The molecule has 0 saturated carbocycles. The second kappa shape index (κ2) is 8.61. The van der Waals surface area contributed by atoms with Crippen LogP contribution in [0.5, 0.6) is 5.75 Å². The number of benzene rings is 4. The molecule has 0 N–H and O–H groups in total. The zero-order chi connectivity index (χ0) is 22.9. The largest absolute Gasteiger partial charge is 0.497 e. The number of ether oxygens (including phenoxy) is 1. The first-order valence-corrected chi connectivity index (χ1v) is 11.9. The molecule has 0 fully saturated rings. The number of methoxy groups -OCH3 is 1. The summed E-state index contributed by atoms with van der Waals surface area (Å²) in [6.45, 7) is 0. The van der Waals surface area contributed by atoms with Crippen molar-refractivity contribution in [2.24, 2.45) is 0 Å². The third-order valence-electron chi connectivity index (χ3n) is 5.83. The van der Waals surface area contributed by atoms with Crippen LogP contribution in [0.1, 0.15) is 10.6 Å². The molecule has 5 heteroatoms. The summed E-state index contributed by atoms with van der Waals surface area (Å²) in [7, 11) is 1.68. The van der Waals surface area contributed by atoms with Gasteiger partial charge in [-0.1, -0.05) is 48.5 Å². The van der Waals surface area contributed by atoms with Crippen molar-refractivity contribution in [1.29, 1.82) is 0 Å². The van der Waals surface area contributed by atoms with Gasteiger partial charge in [-0.15, -0.1) is 11.3 Å². The lowest BCUT2D eigenvalue weighted by atomic mass is 10.1. The molecule has 6 rings (SSSR count). The molecular weight excluding hydrogens is 438 g/mol. The highest BCUT2D eigenvalue weighted by Crippen LogP contribution is 2.31. The summed E-state index contributed by atoms with van der Waals surface area (Å²) in [5, 5.41) is 8.28. The minimum Gasteiger partial charge on any atom is -0.497 e. The normalized spacial score (nSPS) is 11.6. The van der Waals surface area contributed by atoms with Crippen LogP contribution >= 0.6 is 11.3 Å². The number of thiazole rings is 1. The zero-order valence-electron chi connectivity index (χ0n) is 18.6. The highest BCUT2D eigenvalue weighted by atomic mass is 32.1. The fourth-order valence-electron chi connectivity index (χ4n) is 4.11. The van der Waals surface area contributed by atoms with Gasteiger partial charge in [0.1, 0.15) is 10.8 Å². The topological polar surface area (TPSA) is 39.9 Å². The number of hydrogen-bond donors (Lipinski definition) is 0. The molecule has 0 aliphatic rings. The lowest BCUT2D eigenvalue weighted by molar-refractivity contribution is 0.415. The van der Waals surface area contributed by atoms with Gasteiger partial charge in [0.15, 0.2) is 0 Å². The summed E-state index contributed by atoms with van der Waals surface area (Å²) < 4.78 is 8.44. The average Bonchev–Trinajstić information content (AvgIpc) is 3.52. The van der Waals surface area contributed by atoms with E-state index in [9.17, 15) is 0 Å². The number of hydrogen-bond acceptors (Lipinski definition) is 4. The van der Waals surface area contributed by atoms with Gasteiger partial charge in [0.2, 0.25) is 0 Å². The third kappa shape index (κ3) is 3.76. The van der Waals surface area contributed by atoms with E-state index in [1.807, 2.05) is 47.1 Å². The second-order valence-corrected chi connectivity index (χ2v) is 9.02. The molecule has 0 unspecified atom stereocenters. The summed E-state index contributed by atoms with van der Waals surface area (Å²) in [4.78, 5) is 4.93. The number of aromatic nitrogens is 3. The number of para-hydroxylation sites is 1. The minimum atomic E-state index is 0.824. The molecule has 0 spiro atoms. The number of rotatable bonds is 5. The molecule has 2 heterocycles. The molecule has 6 aromatic rings. The molecule has 0 bridgehead atoms. The smallest absolute Gasteiger partial charge is 0.118 e. The maximum absolute atomic E-state index is 5.33. The van der Waals surface area contributed by atoms with Gasteiger partial charge in [0.25, 0.3) is 0 Å². The van der Waals surface area contributed by atoms with Crippen molar-refractivity contribution < 1.29 is 4.74 Å². The van der Waals surface area contributed by atoms with Crippen molar-refractivity contribution in [3.8, 4) is 22.7 Å². The van der Waals surface area contributed by atoms with E-state index >= 15 is 0 Å². The second-order valence-electron chi connectivity index (χ2n) is 7.96. The van der Waals surface area contributed by atoms with E-state index < -0.39 is 0 Å². The van der Waals surface area contributed by atoms with Crippen LogP contribution < -0.4 is 4.74 Å². The first-order valence-electron chi connectivity index (χ1n) is 11.0. The Morgan fingerprint density at radius 2 is 1.62 bits per heavy atom. The van der Waals surface area contributed by atoms with Crippen LogP contribution in [0.25, 0.3) is 50.1 Å². The van der Waals surface area contributed by atoms with E-state index in [0.717, 1.165) is 38.8 Å². The maximum Gasteiger partial charge on any atom is 0.118 e. The monoisotopic (exact) mass is 459 g/mol. The first-order chi connectivity index (χ1) is 16.8. The van der Waals surface area contributed by atoms with E-state index in [2.05, 4.69) is 66.9 Å². The molecular formula is C29H21N3OS. The Morgan fingerprint density at radius 3 is 2.44 bits per heavy atom. The van der Waals surface area contributed by atoms with Crippen molar-refractivity contribution in [2.45, 2.75) is 0 Å². The fraction of sp³-hybridized carbons (Fsp3) is 0.0345. The van der Waals surface area contributed by atoms with Gasteiger partial charge >= 0.3 is 0 Å². The zero-order valence-corrected chi connectivity index (χ0v) is 19.4. The quantitative estimate of drug-likeness (QED) is 0.268. The molecule has 0 amide bonds.